The third-order valence-electron chi connectivity index (χ3n) is 5.22. The minimum absolute atomic E-state index is 0.119. The fourth-order valence-corrected chi connectivity index (χ4v) is 3.47. The van der Waals surface area contributed by atoms with Gasteiger partial charge in [-0.15, -0.1) is 0 Å². The van der Waals surface area contributed by atoms with Crippen LogP contribution >= 0.6 is 0 Å². The summed E-state index contributed by atoms with van der Waals surface area (Å²) in [4.78, 5) is 51.5. The van der Waals surface area contributed by atoms with Crippen molar-refractivity contribution >= 4 is 24.2 Å². The lowest BCUT2D eigenvalue weighted by atomic mass is 10.2. The second-order valence-electron chi connectivity index (χ2n) is 6.96. The SMILES string of the molecule is O=CN1CCN(C(=O)c2cnc(N3CCN(C(=O)c4ccco4)CC3)nc2)CC1. The highest BCUT2D eigenvalue weighted by Crippen LogP contribution is 2.14. The van der Waals surface area contributed by atoms with E-state index in [9.17, 15) is 14.4 Å². The summed E-state index contributed by atoms with van der Waals surface area (Å²) in [6.45, 7) is 4.39. The number of furan rings is 1. The van der Waals surface area contributed by atoms with E-state index in [0.717, 1.165) is 6.41 Å². The van der Waals surface area contributed by atoms with Crippen molar-refractivity contribution in [3.05, 3.63) is 42.1 Å². The fraction of sp³-hybridized carbons (Fsp3) is 0.421. The number of piperazine rings is 2. The number of carbonyl (C=O) groups is 3. The van der Waals surface area contributed by atoms with Crippen molar-refractivity contribution in [1.29, 1.82) is 0 Å². The summed E-state index contributed by atoms with van der Waals surface area (Å²) in [6, 6.07) is 3.36. The molecule has 2 fully saturated rings. The van der Waals surface area contributed by atoms with E-state index in [4.69, 9.17) is 4.42 Å². The molecule has 0 radical (unpaired) electrons. The monoisotopic (exact) mass is 398 g/mol. The molecular formula is C19H22N6O4. The second-order valence-corrected chi connectivity index (χ2v) is 6.96. The predicted molar refractivity (Wildman–Crippen MR) is 102 cm³/mol. The standard InChI is InChI=1S/C19H22N6O4/c26-14-22-3-5-23(6-4-22)17(27)15-12-20-19(21-13-15)25-9-7-24(8-10-25)18(28)16-2-1-11-29-16/h1-2,11-14H,3-10H2. The van der Waals surface area contributed by atoms with Gasteiger partial charge in [-0.1, -0.05) is 0 Å². The first kappa shape index (κ1) is 18.9. The molecule has 4 rings (SSSR count). The van der Waals surface area contributed by atoms with Crippen LogP contribution in [0.2, 0.25) is 0 Å². The van der Waals surface area contributed by atoms with Crippen molar-refractivity contribution in [2.75, 3.05) is 57.3 Å². The number of anilines is 1. The molecule has 3 amide bonds. The fourth-order valence-electron chi connectivity index (χ4n) is 3.47. The maximum atomic E-state index is 12.6. The molecule has 0 spiro atoms. The first-order valence-corrected chi connectivity index (χ1v) is 9.54. The number of hydrogen-bond acceptors (Lipinski definition) is 7. The van der Waals surface area contributed by atoms with Gasteiger partial charge in [0.15, 0.2) is 5.76 Å². The Kier molecular flexibility index (Phi) is 5.41. The zero-order chi connectivity index (χ0) is 20.2. The van der Waals surface area contributed by atoms with Crippen LogP contribution in [0, 0.1) is 0 Å². The molecular weight excluding hydrogens is 376 g/mol. The number of hydrogen-bond donors (Lipinski definition) is 0. The number of rotatable bonds is 4. The van der Waals surface area contributed by atoms with E-state index in [0.29, 0.717) is 69.6 Å². The molecule has 0 unspecified atom stereocenters. The molecule has 0 aromatic carbocycles. The quantitative estimate of drug-likeness (QED) is 0.665. The lowest BCUT2D eigenvalue weighted by Gasteiger charge is -2.34. The molecule has 29 heavy (non-hydrogen) atoms. The van der Waals surface area contributed by atoms with Gasteiger partial charge >= 0.3 is 0 Å². The van der Waals surface area contributed by atoms with Crippen LogP contribution < -0.4 is 4.90 Å². The smallest absolute Gasteiger partial charge is 0.289 e. The lowest BCUT2D eigenvalue weighted by Crippen LogP contribution is -2.49. The topological polar surface area (TPSA) is 103 Å². The van der Waals surface area contributed by atoms with Gasteiger partial charge in [0.1, 0.15) is 0 Å². The molecule has 0 atom stereocenters. The van der Waals surface area contributed by atoms with Gasteiger partial charge in [0, 0.05) is 64.8 Å². The van der Waals surface area contributed by atoms with Gasteiger partial charge < -0.3 is 24.0 Å². The number of amides is 3. The summed E-state index contributed by atoms with van der Waals surface area (Å²) in [7, 11) is 0. The molecule has 2 saturated heterocycles. The van der Waals surface area contributed by atoms with Crippen molar-refractivity contribution < 1.29 is 18.8 Å². The number of nitrogens with zero attached hydrogens (tertiary/aromatic N) is 6. The van der Waals surface area contributed by atoms with Crippen LogP contribution in [0.25, 0.3) is 0 Å². The average molecular weight is 398 g/mol. The van der Waals surface area contributed by atoms with Gasteiger partial charge in [0.05, 0.1) is 11.8 Å². The van der Waals surface area contributed by atoms with Gasteiger partial charge in [-0.25, -0.2) is 9.97 Å². The summed E-state index contributed by atoms with van der Waals surface area (Å²) in [6.07, 6.45) is 5.37. The van der Waals surface area contributed by atoms with Crippen LogP contribution in [-0.4, -0.2) is 95.3 Å². The Morgan fingerprint density at radius 3 is 2.10 bits per heavy atom. The normalized spacial score (nSPS) is 17.4. The van der Waals surface area contributed by atoms with Crippen molar-refractivity contribution in [2.45, 2.75) is 0 Å². The van der Waals surface area contributed by atoms with Gasteiger partial charge in [-0.2, -0.15) is 0 Å². The van der Waals surface area contributed by atoms with Crippen LogP contribution in [0.5, 0.6) is 0 Å². The Hall–Kier alpha value is -3.43. The first-order chi connectivity index (χ1) is 14.2. The van der Waals surface area contributed by atoms with Crippen LogP contribution in [0.3, 0.4) is 0 Å². The van der Waals surface area contributed by atoms with E-state index in [1.807, 2.05) is 4.90 Å². The summed E-state index contributed by atoms with van der Waals surface area (Å²) in [5.41, 5.74) is 0.430. The Morgan fingerprint density at radius 1 is 0.897 bits per heavy atom. The number of carbonyl (C=O) groups excluding carboxylic acids is 3. The zero-order valence-corrected chi connectivity index (χ0v) is 15.9. The Balaban J connectivity index is 1.32. The van der Waals surface area contributed by atoms with Gasteiger partial charge in [0.2, 0.25) is 12.4 Å². The van der Waals surface area contributed by atoms with E-state index in [1.54, 1.807) is 26.8 Å². The van der Waals surface area contributed by atoms with E-state index >= 15 is 0 Å². The minimum atomic E-state index is -0.129. The molecule has 2 aliphatic rings. The molecule has 152 valence electrons. The molecule has 2 aromatic heterocycles. The summed E-state index contributed by atoms with van der Waals surface area (Å²) in [5.74, 6) is 0.631. The largest absolute Gasteiger partial charge is 0.459 e. The van der Waals surface area contributed by atoms with Gasteiger partial charge in [-0.3, -0.25) is 14.4 Å². The van der Waals surface area contributed by atoms with Crippen molar-refractivity contribution in [3.63, 3.8) is 0 Å². The third kappa shape index (κ3) is 4.05. The van der Waals surface area contributed by atoms with Crippen LogP contribution in [0.4, 0.5) is 5.95 Å². The Bertz CT molecular complexity index is 853. The van der Waals surface area contributed by atoms with Crippen LogP contribution in [0.15, 0.2) is 35.2 Å². The molecule has 10 heteroatoms. The minimum Gasteiger partial charge on any atom is -0.459 e. The van der Waals surface area contributed by atoms with Gasteiger partial charge in [0.25, 0.3) is 11.8 Å². The zero-order valence-electron chi connectivity index (χ0n) is 15.9. The first-order valence-electron chi connectivity index (χ1n) is 9.54. The van der Waals surface area contributed by atoms with E-state index in [2.05, 4.69) is 9.97 Å². The maximum Gasteiger partial charge on any atom is 0.289 e. The molecule has 0 N–H and O–H groups in total. The molecule has 0 bridgehead atoms. The maximum absolute atomic E-state index is 12.6. The highest BCUT2D eigenvalue weighted by molar-refractivity contribution is 5.94. The summed E-state index contributed by atoms with van der Waals surface area (Å²) >= 11 is 0. The molecule has 10 nitrogen and oxygen atoms in total. The number of aromatic nitrogens is 2. The molecule has 2 aliphatic heterocycles. The Morgan fingerprint density at radius 2 is 1.52 bits per heavy atom. The molecule has 0 aliphatic carbocycles. The third-order valence-corrected chi connectivity index (χ3v) is 5.22. The summed E-state index contributed by atoms with van der Waals surface area (Å²) < 4.78 is 5.17. The predicted octanol–water partition coefficient (Wildman–Crippen LogP) is -0.0538. The molecule has 2 aromatic rings. The molecule has 0 saturated carbocycles. The highest BCUT2D eigenvalue weighted by atomic mass is 16.3. The highest BCUT2D eigenvalue weighted by Gasteiger charge is 2.26. The van der Waals surface area contributed by atoms with Gasteiger partial charge in [-0.05, 0) is 12.1 Å². The Labute approximate surface area is 167 Å². The lowest BCUT2D eigenvalue weighted by molar-refractivity contribution is -0.119. The average Bonchev–Trinajstić information content (AvgIpc) is 3.33. The molecule has 4 heterocycles. The van der Waals surface area contributed by atoms with Crippen molar-refractivity contribution in [1.82, 2.24) is 24.7 Å². The second kappa shape index (κ2) is 8.29. The van der Waals surface area contributed by atoms with Crippen molar-refractivity contribution in [2.24, 2.45) is 0 Å². The van der Waals surface area contributed by atoms with Crippen LogP contribution in [-0.2, 0) is 4.79 Å². The van der Waals surface area contributed by atoms with Crippen molar-refractivity contribution in [3.8, 4) is 0 Å². The van der Waals surface area contributed by atoms with Crippen LogP contribution in [0.1, 0.15) is 20.9 Å². The van der Waals surface area contributed by atoms with E-state index < -0.39 is 0 Å². The summed E-state index contributed by atoms with van der Waals surface area (Å²) in [5, 5.41) is 0. The van der Waals surface area contributed by atoms with E-state index in [1.165, 1.54) is 18.7 Å². The van der Waals surface area contributed by atoms with E-state index in [-0.39, 0.29) is 11.8 Å².